The predicted molar refractivity (Wildman–Crippen MR) is 142 cm³/mol. The second-order valence-corrected chi connectivity index (χ2v) is 12.1. The van der Waals surface area contributed by atoms with Gasteiger partial charge in [0.15, 0.2) is 0 Å². The number of halogens is 1. The highest BCUT2D eigenvalue weighted by molar-refractivity contribution is 7.92. The van der Waals surface area contributed by atoms with Crippen LogP contribution in [0.3, 0.4) is 0 Å². The van der Waals surface area contributed by atoms with Gasteiger partial charge in [0.2, 0.25) is 21.8 Å². The number of rotatable bonds is 10. The third-order valence-electron chi connectivity index (χ3n) is 6.17. The quantitative estimate of drug-likeness (QED) is 0.509. The van der Waals surface area contributed by atoms with Crippen molar-refractivity contribution in [3.8, 4) is 0 Å². The van der Waals surface area contributed by atoms with E-state index in [4.69, 9.17) is 0 Å². The van der Waals surface area contributed by atoms with Crippen LogP contribution >= 0.6 is 0 Å². The van der Waals surface area contributed by atoms with E-state index in [1.54, 1.807) is 25.1 Å². The fourth-order valence-corrected chi connectivity index (χ4v) is 4.45. The molecule has 0 saturated carbocycles. The molecule has 0 unspecified atom stereocenters. The van der Waals surface area contributed by atoms with Crippen LogP contribution in [0.25, 0.3) is 0 Å². The molecule has 2 amide bonds. The van der Waals surface area contributed by atoms with Crippen LogP contribution in [0.4, 0.5) is 10.1 Å². The maximum atomic E-state index is 14.4. The Labute approximate surface area is 214 Å². The molecule has 0 aliphatic carbocycles. The van der Waals surface area contributed by atoms with Crippen molar-refractivity contribution in [2.75, 3.05) is 17.1 Å². The van der Waals surface area contributed by atoms with Crippen LogP contribution in [0.1, 0.15) is 59.1 Å². The minimum atomic E-state index is -3.83. The highest BCUT2D eigenvalue weighted by atomic mass is 32.2. The number of hydrogen-bond donors (Lipinski definition) is 1. The van der Waals surface area contributed by atoms with E-state index in [0.29, 0.717) is 12.1 Å². The van der Waals surface area contributed by atoms with Crippen LogP contribution in [-0.2, 0) is 31.6 Å². The first-order chi connectivity index (χ1) is 16.6. The Bertz CT molecular complexity index is 1160. The van der Waals surface area contributed by atoms with E-state index in [1.807, 2.05) is 46.8 Å². The molecule has 0 fully saturated rings. The van der Waals surface area contributed by atoms with E-state index >= 15 is 0 Å². The highest BCUT2D eigenvalue weighted by Gasteiger charge is 2.31. The summed E-state index contributed by atoms with van der Waals surface area (Å²) >= 11 is 0. The van der Waals surface area contributed by atoms with Crippen molar-refractivity contribution in [1.29, 1.82) is 0 Å². The van der Waals surface area contributed by atoms with E-state index in [0.717, 1.165) is 16.1 Å². The average molecular weight is 520 g/mol. The molecule has 2 rings (SSSR count). The Morgan fingerprint density at radius 2 is 1.61 bits per heavy atom. The van der Waals surface area contributed by atoms with Gasteiger partial charge in [-0.25, -0.2) is 12.8 Å². The van der Waals surface area contributed by atoms with Gasteiger partial charge in [0, 0.05) is 18.2 Å². The molecule has 0 aliphatic rings. The van der Waals surface area contributed by atoms with E-state index in [2.05, 4.69) is 5.32 Å². The predicted octanol–water partition coefficient (Wildman–Crippen LogP) is 4.22. The molecule has 2 atom stereocenters. The van der Waals surface area contributed by atoms with Crippen molar-refractivity contribution in [3.63, 3.8) is 0 Å². The number of amides is 2. The van der Waals surface area contributed by atoms with Crippen LogP contribution in [0, 0.1) is 5.82 Å². The van der Waals surface area contributed by atoms with Gasteiger partial charge >= 0.3 is 0 Å². The molecule has 0 aliphatic heterocycles. The maximum Gasteiger partial charge on any atom is 0.244 e. The van der Waals surface area contributed by atoms with E-state index in [-0.39, 0.29) is 23.6 Å². The Morgan fingerprint density at radius 3 is 2.11 bits per heavy atom. The van der Waals surface area contributed by atoms with Crippen LogP contribution in [0.2, 0.25) is 0 Å². The minimum absolute atomic E-state index is 0.112. The SMILES string of the molecule is CC[C@@H](C)NC(=O)[C@@H](C)N(Cc1ccccc1F)C(=O)CN(c1ccc(C(C)(C)C)cc1)S(C)(=O)=O. The van der Waals surface area contributed by atoms with E-state index in [9.17, 15) is 22.4 Å². The highest BCUT2D eigenvalue weighted by Crippen LogP contribution is 2.26. The average Bonchev–Trinajstić information content (AvgIpc) is 2.80. The second kappa shape index (κ2) is 11.9. The van der Waals surface area contributed by atoms with Crippen LogP contribution in [-0.4, -0.2) is 50.0 Å². The van der Waals surface area contributed by atoms with Gasteiger partial charge in [-0.15, -0.1) is 0 Å². The van der Waals surface area contributed by atoms with Crippen molar-refractivity contribution < 1.29 is 22.4 Å². The third kappa shape index (κ3) is 7.78. The van der Waals surface area contributed by atoms with Gasteiger partial charge in [-0.05, 0) is 49.4 Å². The minimum Gasteiger partial charge on any atom is -0.352 e. The fraction of sp³-hybridized carbons (Fsp3) is 0.481. The topological polar surface area (TPSA) is 86.8 Å². The van der Waals surface area contributed by atoms with Gasteiger partial charge in [-0.3, -0.25) is 13.9 Å². The van der Waals surface area contributed by atoms with Crippen LogP contribution in [0.5, 0.6) is 0 Å². The summed E-state index contributed by atoms with van der Waals surface area (Å²) in [5.41, 5.74) is 1.46. The molecule has 0 spiro atoms. The molecule has 0 radical (unpaired) electrons. The number of benzene rings is 2. The smallest absolute Gasteiger partial charge is 0.244 e. The van der Waals surface area contributed by atoms with Crippen molar-refractivity contribution in [2.45, 2.75) is 72.0 Å². The number of nitrogens with one attached hydrogen (secondary N) is 1. The summed E-state index contributed by atoms with van der Waals surface area (Å²) in [7, 11) is -3.83. The summed E-state index contributed by atoms with van der Waals surface area (Å²) < 4.78 is 40.8. The summed E-state index contributed by atoms with van der Waals surface area (Å²) in [6, 6.07) is 11.9. The Balaban J connectivity index is 2.41. The standard InChI is InChI=1S/C27H38FN3O4S/c1-8-19(2)29-26(33)20(3)30(17-21-11-9-10-12-24(21)28)25(32)18-31(36(7,34)35)23-15-13-22(14-16-23)27(4,5)6/h9-16,19-20H,8,17-18H2,1-7H3,(H,29,33)/t19-,20-/m1/s1. The molecule has 2 aromatic carbocycles. The summed E-state index contributed by atoms with van der Waals surface area (Å²) in [5.74, 6) is -1.52. The molecule has 198 valence electrons. The van der Waals surface area contributed by atoms with Crippen molar-refractivity contribution in [3.05, 3.63) is 65.5 Å². The Morgan fingerprint density at radius 1 is 1.03 bits per heavy atom. The molecule has 9 heteroatoms. The molecule has 36 heavy (non-hydrogen) atoms. The number of hydrogen-bond acceptors (Lipinski definition) is 4. The molecule has 0 bridgehead atoms. The lowest BCUT2D eigenvalue weighted by Gasteiger charge is -2.32. The normalized spacial score (nSPS) is 13.6. The maximum absolute atomic E-state index is 14.4. The van der Waals surface area contributed by atoms with Crippen molar-refractivity contribution in [1.82, 2.24) is 10.2 Å². The molecule has 0 saturated heterocycles. The van der Waals surface area contributed by atoms with Gasteiger partial charge in [-0.1, -0.05) is 58.0 Å². The molecular weight excluding hydrogens is 481 g/mol. The van der Waals surface area contributed by atoms with Gasteiger partial charge < -0.3 is 10.2 Å². The lowest BCUT2D eigenvalue weighted by Crippen LogP contribution is -2.52. The summed E-state index contributed by atoms with van der Waals surface area (Å²) in [5, 5.41) is 2.84. The molecule has 2 aromatic rings. The van der Waals surface area contributed by atoms with Gasteiger partial charge in [0.05, 0.1) is 11.9 Å². The Kier molecular flexibility index (Phi) is 9.65. The van der Waals surface area contributed by atoms with Gasteiger partial charge in [0.25, 0.3) is 0 Å². The number of nitrogens with zero attached hydrogens (tertiary/aromatic N) is 2. The third-order valence-corrected chi connectivity index (χ3v) is 7.31. The second-order valence-electron chi connectivity index (χ2n) is 10.2. The Hall–Kier alpha value is -2.94. The monoisotopic (exact) mass is 519 g/mol. The summed E-state index contributed by atoms with van der Waals surface area (Å²) in [4.78, 5) is 27.6. The van der Waals surface area contributed by atoms with Gasteiger partial charge in [0.1, 0.15) is 18.4 Å². The fourth-order valence-electron chi connectivity index (χ4n) is 3.60. The molecule has 1 N–H and O–H groups in total. The first kappa shape index (κ1) is 29.3. The number of carbonyl (C=O) groups excluding carboxylic acids is 2. The molecular formula is C27H38FN3O4S. The first-order valence-electron chi connectivity index (χ1n) is 12.1. The van der Waals surface area contributed by atoms with Crippen molar-refractivity contribution in [2.24, 2.45) is 0 Å². The van der Waals surface area contributed by atoms with Crippen LogP contribution < -0.4 is 9.62 Å². The lowest BCUT2D eigenvalue weighted by molar-refractivity contribution is -0.139. The van der Waals surface area contributed by atoms with Crippen molar-refractivity contribution >= 4 is 27.5 Å². The summed E-state index contributed by atoms with van der Waals surface area (Å²) in [6.45, 7) is 10.8. The largest absolute Gasteiger partial charge is 0.352 e. The molecule has 7 nitrogen and oxygen atoms in total. The zero-order valence-corrected chi connectivity index (χ0v) is 23.0. The summed E-state index contributed by atoms with van der Waals surface area (Å²) in [6.07, 6.45) is 1.73. The number of carbonyl (C=O) groups is 2. The number of anilines is 1. The van der Waals surface area contributed by atoms with E-state index in [1.165, 1.54) is 23.1 Å². The lowest BCUT2D eigenvalue weighted by atomic mass is 9.87. The zero-order valence-electron chi connectivity index (χ0n) is 22.2. The van der Waals surface area contributed by atoms with E-state index < -0.39 is 40.2 Å². The van der Waals surface area contributed by atoms with Crippen LogP contribution in [0.15, 0.2) is 48.5 Å². The zero-order chi connectivity index (χ0) is 27.3. The first-order valence-corrected chi connectivity index (χ1v) is 13.9. The van der Waals surface area contributed by atoms with Gasteiger partial charge in [-0.2, -0.15) is 0 Å². The molecule has 0 heterocycles. The number of sulfonamides is 1. The molecule has 0 aromatic heterocycles.